The molecule has 0 heterocycles. The fraction of sp³-hybridized carbons (Fsp3) is 0.222. The lowest BCUT2D eigenvalue weighted by Crippen LogP contribution is -2.19. The highest BCUT2D eigenvalue weighted by Crippen LogP contribution is 2.32. The molecule has 0 aliphatic heterocycles. The summed E-state index contributed by atoms with van der Waals surface area (Å²) in [6.07, 6.45) is 1.63. The molecule has 0 spiro atoms. The molecule has 0 saturated carbocycles. The van der Waals surface area contributed by atoms with Crippen molar-refractivity contribution in [3.05, 3.63) is 57.8 Å². The largest absolute Gasteiger partial charge is 0.493 e. The highest BCUT2D eigenvalue weighted by atomic mass is 79.9. The summed E-state index contributed by atoms with van der Waals surface area (Å²) in [4.78, 5) is 11.9. The number of amides is 1. The maximum Gasteiger partial charge on any atom is 0.244 e. The van der Waals surface area contributed by atoms with E-state index < -0.39 is 0 Å². The van der Waals surface area contributed by atoms with Gasteiger partial charge in [0.2, 0.25) is 5.91 Å². The van der Waals surface area contributed by atoms with Crippen LogP contribution in [0.25, 0.3) is 0 Å². The van der Waals surface area contributed by atoms with Gasteiger partial charge in [-0.25, -0.2) is 9.82 Å². The molecule has 0 aliphatic carbocycles. The number of hydrogen-bond acceptors (Lipinski definition) is 4. The van der Waals surface area contributed by atoms with Crippen LogP contribution in [0.4, 0.5) is 4.39 Å². The van der Waals surface area contributed by atoms with E-state index in [4.69, 9.17) is 9.47 Å². The second-order valence-corrected chi connectivity index (χ2v) is 5.91. The van der Waals surface area contributed by atoms with Crippen LogP contribution in [0.15, 0.2) is 46.0 Å². The molecule has 0 radical (unpaired) electrons. The number of methoxy groups -OCH3 is 1. The SMILES string of the molecule is CCOc1cc(/C=N/NC(=O)Cc2ccc(F)cc2)c(Br)cc1OC. The molecule has 2 aromatic rings. The van der Waals surface area contributed by atoms with E-state index in [-0.39, 0.29) is 18.1 Å². The van der Waals surface area contributed by atoms with Gasteiger partial charge in [-0.1, -0.05) is 12.1 Å². The molecule has 1 N–H and O–H groups in total. The Morgan fingerprint density at radius 3 is 2.64 bits per heavy atom. The van der Waals surface area contributed by atoms with Crippen LogP contribution >= 0.6 is 15.9 Å². The van der Waals surface area contributed by atoms with Crippen molar-refractivity contribution in [3.63, 3.8) is 0 Å². The standard InChI is InChI=1S/C18H18BrFN2O3/c1-3-25-17-9-13(15(19)10-16(17)24-2)11-21-22-18(23)8-12-4-6-14(20)7-5-12/h4-7,9-11H,3,8H2,1-2H3,(H,22,23)/b21-11+. The van der Waals surface area contributed by atoms with Crippen LogP contribution in [0.5, 0.6) is 11.5 Å². The molecule has 132 valence electrons. The van der Waals surface area contributed by atoms with Gasteiger partial charge in [-0.2, -0.15) is 5.10 Å². The smallest absolute Gasteiger partial charge is 0.244 e. The van der Waals surface area contributed by atoms with Crippen molar-refractivity contribution in [2.24, 2.45) is 5.10 Å². The molecule has 2 aromatic carbocycles. The molecule has 0 bridgehead atoms. The Bertz CT molecular complexity index is 764. The van der Waals surface area contributed by atoms with E-state index in [0.29, 0.717) is 23.7 Å². The van der Waals surface area contributed by atoms with Gasteiger partial charge in [0.1, 0.15) is 5.82 Å². The third-order valence-electron chi connectivity index (χ3n) is 3.25. The van der Waals surface area contributed by atoms with Crippen LogP contribution in [0.3, 0.4) is 0 Å². The van der Waals surface area contributed by atoms with Gasteiger partial charge in [0.05, 0.1) is 26.4 Å². The minimum absolute atomic E-state index is 0.117. The first-order valence-electron chi connectivity index (χ1n) is 7.60. The van der Waals surface area contributed by atoms with Gasteiger partial charge in [0, 0.05) is 10.0 Å². The Hall–Kier alpha value is -2.41. The molecule has 25 heavy (non-hydrogen) atoms. The quantitative estimate of drug-likeness (QED) is 0.561. The average molecular weight is 409 g/mol. The van der Waals surface area contributed by atoms with Gasteiger partial charge < -0.3 is 9.47 Å². The summed E-state index contributed by atoms with van der Waals surface area (Å²) in [6.45, 7) is 2.38. The number of ether oxygens (including phenoxy) is 2. The first-order valence-corrected chi connectivity index (χ1v) is 8.39. The molecule has 1 amide bonds. The summed E-state index contributed by atoms with van der Waals surface area (Å²) in [5.41, 5.74) is 3.88. The molecule has 7 heteroatoms. The third kappa shape index (κ3) is 5.56. The summed E-state index contributed by atoms with van der Waals surface area (Å²) in [6, 6.07) is 9.29. The predicted molar refractivity (Wildman–Crippen MR) is 97.7 cm³/mol. The summed E-state index contributed by atoms with van der Waals surface area (Å²) < 4.78 is 24.4. The van der Waals surface area contributed by atoms with Crippen LogP contribution in [0.2, 0.25) is 0 Å². The first-order chi connectivity index (χ1) is 12.0. The summed E-state index contributed by atoms with van der Waals surface area (Å²) in [5, 5.41) is 3.95. The van der Waals surface area contributed by atoms with Crippen molar-refractivity contribution in [1.29, 1.82) is 0 Å². The van der Waals surface area contributed by atoms with E-state index in [0.717, 1.165) is 10.0 Å². The van der Waals surface area contributed by atoms with E-state index in [1.807, 2.05) is 6.92 Å². The Labute approximate surface area is 154 Å². The van der Waals surface area contributed by atoms with Gasteiger partial charge >= 0.3 is 0 Å². The molecule has 0 fully saturated rings. The predicted octanol–water partition coefficient (Wildman–Crippen LogP) is 3.69. The van der Waals surface area contributed by atoms with Crippen LogP contribution in [-0.4, -0.2) is 25.8 Å². The number of halogens is 2. The zero-order valence-corrected chi connectivity index (χ0v) is 15.5. The Morgan fingerprint density at radius 2 is 2.00 bits per heavy atom. The van der Waals surface area contributed by atoms with Crippen LogP contribution in [-0.2, 0) is 11.2 Å². The van der Waals surface area contributed by atoms with Crippen molar-refractivity contribution in [1.82, 2.24) is 5.43 Å². The maximum atomic E-state index is 12.8. The lowest BCUT2D eigenvalue weighted by Gasteiger charge is -2.11. The molecule has 0 aromatic heterocycles. The number of nitrogens with zero attached hydrogens (tertiary/aromatic N) is 1. The fourth-order valence-corrected chi connectivity index (χ4v) is 2.50. The number of nitrogens with one attached hydrogen (secondary N) is 1. The summed E-state index contributed by atoms with van der Waals surface area (Å²) in [7, 11) is 1.56. The van der Waals surface area contributed by atoms with E-state index in [1.54, 1.807) is 31.4 Å². The monoisotopic (exact) mass is 408 g/mol. The van der Waals surface area contributed by atoms with Crippen molar-refractivity contribution >= 4 is 28.1 Å². The summed E-state index contributed by atoms with van der Waals surface area (Å²) in [5.74, 6) is 0.563. The van der Waals surface area contributed by atoms with Crippen molar-refractivity contribution in [2.75, 3.05) is 13.7 Å². The molecule has 0 aliphatic rings. The van der Waals surface area contributed by atoms with Crippen molar-refractivity contribution in [2.45, 2.75) is 13.3 Å². The minimum Gasteiger partial charge on any atom is -0.493 e. The molecule has 0 saturated heterocycles. The Kier molecular flexibility index (Phi) is 6.94. The minimum atomic E-state index is -0.336. The molecular formula is C18H18BrFN2O3. The second kappa shape index (κ2) is 9.17. The number of hydrogen-bond donors (Lipinski definition) is 1. The first kappa shape index (κ1) is 18.9. The van der Waals surface area contributed by atoms with Gasteiger partial charge in [0.15, 0.2) is 11.5 Å². The molecule has 0 unspecified atom stereocenters. The van der Waals surface area contributed by atoms with Gasteiger partial charge in [-0.15, -0.1) is 0 Å². The lowest BCUT2D eigenvalue weighted by molar-refractivity contribution is -0.120. The maximum absolute atomic E-state index is 12.8. The zero-order chi connectivity index (χ0) is 18.2. The van der Waals surface area contributed by atoms with Crippen LogP contribution < -0.4 is 14.9 Å². The van der Waals surface area contributed by atoms with E-state index in [9.17, 15) is 9.18 Å². The number of carbonyl (C=O) groups excluding carboxylic acids is 1. The average Bonchev–Trinajstić information content (AvgIpc) is 2.59. The third-order valence-corrected chi connectivity index (χ3v) is 3.94. The van der Waals surface area contributed by atoms with Gasteiger partial charge in [-0.3, -0.25) is 4.79 Å². The Morgan fingerprint density at radius 1 is 1.28 bits per heavy atom. The number of carbonyl (C=O) groups is 1. The molecular weight excluding hydrogens is 391 g/mol. The highest BCUT2D eigenvalue weighted by Gasteiger charge is 2.09. The zero-order valence-electron chi connectivity index (χ0n) is 13.9. The van der Waals surface area contributed by atoms with Crippen molar-refractivity contribution in [3.8, 4) is 11.5 Å². The fourth-order valence-electron chi connectivity index (χ4n) is 2.08. The number of hydrazone groups is 1. The van der Waals surface area contributed by atoms with Crippen molar-refractivity contribution < 1.29 is 18.7 Å². The van der Waals surface area contributed by atoms with Gasteiger partial charge in [-0.05, 0) is 52.7 Å². The topological polar surface area (TPSA) is 59.9 Å². The van der Waals surface area contributed by atoms with Crippen LogP contribution in [0, 0.1) is 5.82 Å². The molecule has 5 nitrogen and oxygen atoms in total. The Balaban J connectivity index is 2.02. The lowest BCUT2D eigenvalue weighted by atomic mass is 10.1. The van der Waals surface area contributed by atoms with Gasteiger partial charge in [0.25, 0.3) is 0 Å². The highest BCUT2D eigenvalue weighted by molar-refractivity contribution is 9.10. The normalized spacial score (nSPS) is 10.7. The molecule has 0 atom stereocenters. The van der Waals surface area contributed by atoms with Crippen LogP contribution in [0.1, 0.15) is 18.1 Å². The van der Waals surface area contributed by atoms with E-state index >= 15 is 0 Å². The van der Waals surface area contributed by atoms with E-state index in [2.05, 4.69) is 26.5 Å². The molecule has 2 rings (SSSR count). The number of benzene rings is 2. The summed E-state index contributed by atoms with van der Waals surface area (Å²) >= 11 is 3.43. The van der Waals surface area contributed by atoms with E-state index in [1.165, 1.54) is 18.3 Å². The number of rotatable bonds is 7. The second-order valence-electron chi connectivity index (χ2n) is 5.05.